The Hall–Kier alpha value is -1.68. The predicted molar refractivity (Wildman–Crippen MR) is 71.2 cm³/mol. The quantitative estimate of drug-likeness (QED) is 0.850. The van der Waals surface area contributed by atoms with Crippen LogP contribution in [-0.4, -0.2) is 22.6 Å². The van der Waals surface area contributed by atoms with Gasteiger partial charge in [-0.1, -0.05) is 6.92 Å². The summed E-state index contributed by atoms with van der Waals surface area (Å²) in [6, 6.07) is 4.42. The van der Waals surface area contributed by atoms with Crippen molar-refractivity contribution in [3.05, 3.63) is 36.6 Å². The Kier molecular flexibility index (Phi) is 4.47. The van der Waals surface area contributed by atoms with Gasteiger partial charge in [0.2, 0.25) is 0 Å². The van der Waals surface area contributed by atoms with Crippen molar-refractivity contribution in [2.75, 3.05) is 6.54 Å². The summed E-state index contributed by atoms with van der Waals surface area (Å²) in [7, 11) is 0. The summed E-state index contributed by atoms with van der Waals surface area (Å²) in [5.74, 6) is 1.82. The van der Waals surface area contributed by atoms with E-state index in [1.807, 2.05) is 12.1 Å². The predicted octanol–water partition coefficient (Wildman–Crippen LogP) is 2.67. The largest absolute Gasteiger partial charge is 0.461 e. The molecule has 18 heavy (non-hydrogen) atoms. The van der Waals surface area contributed by atoms with Crippen LogP contribution in [0.5, 0.6) is 0 Å². The average Bonchev–Trinajstić information content (AvgIpc) is 2.86. The molecule has 0 radical (unpaired) electrons. The minimum Gasteiger partial charge on any atom is -0.461 e. The van der Waals surface area contributed by atoms with Gasteiger partial charge in [-0.2, -0.15) is 0 Å². The third-order valence-corrected chi connectivity index (χ3v) is 2.76. The van der Waals surface area contributed by atoms with Gasteiger partial charge >= 0.3 is 0 Å². The highest BCUT2D eigenvalue weighted by atomic mass is 16.3. The first-order valence-electron chi connectivity index (χ1n) is 6.37. The molecule has 0 aromatic carbocycles. The van der Waals surface area contributed by atoms with E-state index in [4.69, 9.17) is 4.42 Å². The molecule has 1 unspecified atom stereocenters. The van der Waals surface area contributed by atoms with Gasteiger partial charge in [0.15, 0.2) is 0 Å². The van der Waals surface area contributed by atoms with Crippen LogP contribution in [0.25, 0.3) is 11.3 Å². The highest BCUT2D eigenvalue weighted by Gasteiger charge is 2.08. The molecule has 0 saturated carbocycles. The number of aromatic nitrogens is 2. The Labute approximate surface area is 107 Å². The zero-order chi connectivity index (χ0) is 12.8. The lowest BCUT2D eigenvalue weighted by Crippen LogP contribution is -2.28. The molecule has 0 aliphatic heterocycles. The fraction of sp³-hybridized carbons (Fsp3) is 0.429. The summed E-state index contributed by atoms with van der Waals surface area (Å²) in [4.78, 5) is 7.98. The van der Waals surface area contributed by atoms with E-state index < -0.39 is 0 Å². The van der Waals surface area contributed by atoms with Crippen molar-refractivity contribution in [2.24, 2.45) is 0 Å². The molecule has 0 amide bonds. The maximum atomic E-state index is 5.80. The topological polar surface area (TPSA) is 51.0 Å². The second kappa shape index (κ2) is 6.31. The van der Waals surface area contributed by atoms with Gasteiger partial charge < -0.3 is 9.73 Å². The zero-order valence-corrected chi connectivity index (χ0v) is 10.9. The van der Waals surface area contributed by atoms with Crippen LogP contribution in [0.15, 0.2) is 35.3 Å². The van der Waals surface area contributed by atoms with E-state index >= 15 is 0 Å². The number of hydrogen-bond acceptors (Lipinski definition) is 4. The molecule has 0 fully saturated rings. The molecular weight excluding hydrogens is 226 g/mol. The van der Waals surface area contributed by atoms with Crippen LogP contribution in [0, 0.1) is 0 Å². The van der Waals surface area contributed by atoms with Gasteiger partial charge in [0, 0.05) is 24.9 Å². The Morgan fingerprint density at radius 1 is 1.28 bits per heavy atom. The highest BCUT2D eigenvalue weighted by Crippen LogP contribution is 2.21. The van der Waals surface area contributed by atoms with Crippen molar-refractivity contribution in [1.29, 1.82) is 0 Å². The van der Waals surface area contributed by atoms with E-state index in [0.29, 0.717) is 6.04 Å². The summed E-state index contributed by atoms with van der Waals surface area (Å²) < 4.78 is 5.80. The first kappa shape index (κ1) is 12.8. The van der Waals surface area contributed by atoms with E-state index in [9.17, 15) is 0 Å². The normalized spacial score (nSPS) is 12.6. The molecule has 4 heteroatoms. The minimum atomic E-state index is 0.427. The zero-order valence-electron chi connectivity index (χ0n) is 10.9. The molecule has 96 valence electrons. The van der Waals surface area contributed by atoms with Crippen molar-refractivity contribution in [3.63, 3.8) is 0 Å². The van der Waals surface area contributed by atoms with E-state index in [2.05, 4.69) is 29.1 Å². The lowest BCUT2D eigenvalue weighted by atomic mass is 10.2. The third kappa shape index (κ3) is 3.40. The monoisotopic (exact) mass is 245 g/mol. The average molecular weight is 245 g/mol. The van der Waals surface area contributed by atoms with Crippen molar-refractivity contribution in [3.8, 4) is 11.3 Å². The maximum absolute atomic E-state index is 5.80. The molecule has 0 aliphatic rings. The Bertz CT molecular complexity index is 467. The van der Waals surface area contributed by atoms with Gasteiger partial charge in [0.1, 0.15) is 17.8 Å². The number of furan rings is 1. The standard InChI is InChI=1S/C14H19N3O/c1-3-6-17-11(2)7-13-4-5-14(18-13)12-8-15-10-16-9-12/h4-5,8-11,17H,3,6-7H2,1-2H3. The van der Waals surface area contributed by atoms with Crippen LogP contribution in [0.3, 0.4) is 0 Å². The van der Waals surface area contributed by atoms with Crippen molar-refractivity contribution in [1.82, 2.24) is 15.3 Å². The molecular formula is C14H19N3O. The maximum Gasteiger partial charge on any atom is 0.137 e. The summed E-state index contributed by atoms with van der Waals surface area (Å²) >= 11 is 0. The van der Waals surface area contributed by atoms with E-state index in [1.54, 1.807) is 12.4 Å². The fourth-order valence-corrected chi connectivity index (χ4v) is 1.83. The van der Waals surface area contributed by atoms with Gasteiger partial charge in [-0.15, -0.1) is 0 Å². The van der Waals surface area contributed by atoms with E-state index in [1.165, 1.54) is 6.33 Å². The molecule has 1 atom stereocenters. The molecule has 2 rings (SSSR count). The van der Waals surface area contributed by atoms with Gasteiger partial charge in [0.05, 0.1) is 5.56 Å². The fourth-order valence-electron chi connectivity index (χ4n) is 1.83. The van der Waals surface area contributed by atoms with Crippen LogP contribution in [0.1, 0.15) is 26.0 Å². The van der Waals surface area contributed by atoms with Crippen LogP contribution < -0.4 is 5.32 Å². The van der Waals surface area contributed by atoms with Gasteiger partial charge in [0.25, 0.3) is 0 Å². The number of hydrogen-bond donors (Lipinski definition) is 1. The van der Waals surface area contributed by atoms with Gasteiger partial charge in [-0.25, -0.2) is 9.97 Å². The van der Waals surface area contributed by atoms with Gasteiger partial charge in [-0.3, -0.25) is 0 Å². The highest BCUT2D eigenvalue weighted by molar-refractivity contribution is 5.54. The molecule has 1 N–H and O–H groups in total. The molecule has 2 aromatic heterocycles. The summed E-state index contributed by atoms with van der Waals surface area (Å²) in [6.07, 6.45) is 7.08. The second-order valence-electron chi connectivity index (χ2n) is 4.45. The van der Waals surface area contributed by atoms with Crippen molar-refractivity contribution in [2.45, 2.75) is 32.7 Å². The van der Waals surface area contributed by atoms with Crippen molar-refractivity contribution >= 4 is 0 Å². The van der Waals surface area contributed by atoms with E-state index in [0.717, 1.165) is 36.5 Å². The minimum absolute atomic E-state index is 0.427. The lowest BCUT2D eigenvalue weighted by Gasteiger charge is -2.10. The first-order chi connectivity index (χ1) is 8.79. The molecule has 0 aliphatic carbocycles. The summed E-state index contributed by atoms with van der Waals surface area (Å²) in [6.45, 7) is 5.38. The Morgan fingerprint density at radius 2 is 2.06 bits per heavy atom. The number of nitrogens with zero attached hydrogens (tertiary/aromatic N) is 2. The lowest BCUT2D eigenvalue weighted by molar-refractivity contribution is 0.464. The SMILES string of the molecule is CCCNC(C)Cc1ccc(-c2cncnc2)o1. The smallest absolute Gasteiger partial charge is 0.137 e. The number of rotatable bonds is 6. The van der Waals surface area contributed by atoms with Crippen LogP contribution in [0.4, 0.5) is 0 Å². The summed E-state index contributed by atoms with van der Waals surface area (Å²) in [5, 5.41) is 3.45. The molecule has 0 spiro atoms. The van der Waals surface area contributed by atoms with Gasteiger partial charge in [-0.05, 0) is 32.0 Å². The van der Waals surface area contributed by atoms with Crippen LogP contribution in [-0.2, 0) is 6.42 Å². The van der Waals surface area contributed by atoms with Crippen LogP contribution in [0.2, 0.25) is 0 Å². The molecule has 0 saturated heterocycles. The number of nitrogens with one attached hydrogen (secondary N) is 1. The first-order valence-corrected chi connectivity index (χ1v) is 6.37. The Balaban J connectivity index is 1.98. The van der Waals surface area contributed by atoms with E-state index in [-0.39, 0.29) is 0 Å². The Morgan fingerprint density at radius 3 is 2.78 bits per heavy atom. The van der Waals surface area contributed by atoms with Crippen LogP contribution >= 0.6 is 0 Å². The summed E-state index contributed by atoms with van der Waals surface area (Å²) in [5.41, 5.74) is 0.915. The van der Waals surface area contributed by atoms with Crippen molar-refractivity contribution < 1.29 is 4.42 Å². The molecule has 4 nitrogen and oxygen atoms in total. The molecule has 2 heterocycles. The molecule has 2 aromatic rings. The second-order valence-corrected chi connectivity index (χ2v) is 4.45. The third-order valence-electron chi connectivity index (χ3n) is 2.76. The molecule has 0 bridgehead atoms.